The number of hydrogen-bond acceptors (Lipinski definition) is 4. The molecule has 2 N–H and O–H groups in total. The summed E-state index contributed by atoms with van der Waals surface area (Å²) in [4.78, 5) is 27.8. The lowest BCUT2D eigenvalue weighted by Gasteiger charge is -2.10. The van der Waals surface area contributed by atoms with Gasteiger partial charge in [0.25, 0.3) is 17.6 Å². The van der Waals surface area contributed by atoms with Crippen molar-refractivity contribution in [2.75, 3.05) is 13.1 Å². The number of pyridine rings is 1. The Balaban J connectivity index is 1.85. The van der Waals surface area contributed by atoms with Crippen LogP contribution in [-0.2, 0) is 0 Å². The maximum atomic E-state index is 13.5. The molecule has 138 valence electrons. The normalized spacial score (nSPS) is 10.7. The van der Waals surface area contributed by atoms with E-state index < -0.39 is 23.4 Å². The summed E-state index contributed by atoms with van der Waals surface area (Å²) in [6.07, 6.45) is 1.32. The van der Waals surface area contributed by atoms with Gasteiger partial charge in [0.2, 0.25) is 0 Å². The molecule has 0 aliphatic heterocycles. The minimum atomic E-state index is -2.69. The van der Waals surface area contributed by atoms with Crippen LogP contribution in [0, 0.1) is 12.7 Å². The fourth-order valence-corrected chi connectivity index (χ4v) is 2.60. The predicted octanol–water partition coefficient (Wildman–Crippen LogP) is 3.00. The Kier molecular flexibility index (Phi) is 7.02. The van der Waals surface area contributed by atoms with Crippen LogP contribution < -0.4 is 10.6 Å². The summed E-state index contributed by atoms with van der Waals surface area (Å²) in [5, 5.41) is 4.98. The van der Waals surface area contributed by atoms with E-state index in [0.717, 1.165) is 6.07 Å². The largest absolute Gasteiger partial charge is 0.350 e. The molecule has 26 heavy (non-hydrogen) atoms. The van der Waals surface area contributed by atoms with Crippen molar-refractivity contribution in [2.24, 2.45) is 0 Å². The van der Waals surface area contributed by atoms with Gasteiger partial charge in [-0.25, -0.2) is 9.37 Å². The van der Waals surface area contributed by atoms with Crippen molar-refractivity contribution in [3.8, 4) is 0 Å². The van der Waals surface area contributed by atoms with Gasteiger partial charge < -0.3 is 10.6 Å². The van der Waals surface area contributed by atoms with E-state index in [0.29, 0.717) is 5.56 Å². The number of hydrogen-bond donors (Lipinski definition) is 2. The monoisotopic (exact) mass is 383 g/mol. The van der Waals surface area contributed by atoms with Crippen molar-refractivity contribution in [3.05, 3.63) is 59.0 Å². The van der Waals surface area contributed by atoms with E-state index in [4.69, 9.17) is 0 Å². The quantitative estimate of drug-likeness (QED) is 0.570. The SMILES string of the molecule is Cc1ccc(C(=O)NCCNC(=O)c2cccnc2SC(F)F)cc1F. The van der Waals surface area contributed by atoms with Crippen molar-refractivity contribution >= 4 is 23.6 Å². The highest BCUT2D eigenvalue weighted by Gasteiger charge is 2.16. The number of nitrogens with one attached hydrogen (secondary N) is 2. The second kappa shape index (κ2) is 9.23. The molecule has 0 bridgehead atoms. The van der Waals surface area contributed by atoms with Gasteiger partial charge in [0, 0.05) is 24.8 Å². The molecule has 0 saturated heterocycles. The molecule has 1 aromatic carbocycles. The zero-order chi connectivity index (χ0) is 19.1. The number of nitrogens with zero attached hydrogens (tertiary/aromatic N) is 1. The third kappa shape index (κ3) is 5.48. The van der Waals surface area contributed by atoms with Gasteiger partial charge in [-0.2, -0.15) is 8.78 Å². The molecule has 0 atom stereocenters. The number of amides is 2. The number of thioether (sulfide) groups is 1. The summed E-state index contributed by atoms with van der Waals surface area (Å²) in [6, 6.07) is 6.98. The first-order valence-corrected chi connectivity index (χ1v) is 8.49. The van der Waals surface area contributed by atoms with E-state index in [1.165, 1.54) is 30.5 Å². The van der Waals surface area contributed by atoms with Crippen LogP contribution in [0.15, 0.2) is 41.6 Å². The molecule has 1 aromatic heterocycles. The molecule has 0 aliphatic carbocycles. The molecule has 5 nitrogen and oxygen atoms in total. The first-order chi connectivity index (χ1) is 12.4. The molecule has 0 saturated carbocycles. The smallest absolute Gasteiger partial charge is 0.290 e. The average molecular weight is 383 g/mol. The Labute approximate surface area is 152 Å². The van der Waals surface area contributed by atoms with Gasteiger partial charge in [-0.05, 0) is 48.5 Å². The Hall–Kier alpha value is -2.55. The number of aryl methyl sites for hydroxylation is 1. The van der Waals surface area contributed by atoms with Crippen molar-refractivity contribution in [3.63, 3.8) is 0 Å². The standard InChI is InChI=1S/C17H16F3N3O2S/c1-10-4-5-11(9-13(10)18)14(24)21-7-8-22-15(25)12-3-2-6-23-16(12)26-17(19)20/h2-6,9,17H,7-8H2,1H3,(H,21,24)(H,22,25). The lowest BCUT2D eigenvalue weighted by Crippen LogP contribution is -2.35. The molecule has 2 amide bonds. The van der Waals surface area contributed by atoms with Gasteiger partial charge >= 0.3 is 0 Å². The topological polar surface area (TPSA) is 71.1 Å². The van der Waals surface area contributed by atoms with Gasteiger partial charge in [0.05, 0.1) is 5.56 Å². The van der Waals surface area contributed by atoms with Crippen LogP contribution in [0.4, 0.5) is 13.2 Å². The minimum Gasteiger partial charge on any atom is -0.350 e. The van der Waals surface area contributed by atoms with Crippen LogP contribution in [0.2, 0.25) is 0 Å². The first kappa shape index (κ1) is 19.8. The van der Waals surface area contributed by atoms with E-state index in [2.05, 4.69) is 15.6 Å². The van der Waals surface area contributed by atoms with Crippen LogP contribution in [0.5, 0.6) is 0 Å². The van der Waals surface area contributed by atoms with E-state index >= 15 is 0 Å². The number of halogens is 3. The molecule has 0 radical (unpaired) electrons. The Morgan fingerprint density at radius 1 is 1.15 bits per heavy atom. The minimum absolute atomic E-state index is 0.0322. The van der Waals surface area contributed by atoms with Gasteiger partial charge in [-0.3, -0.25) is 9.59 Å². The predicted molar refractivity (Wildman–Crippen MR) is 91.9 cm³/mol. The first-order valence-electron chi connectivity index (χ1n) is 7.61. The van der Waals surface area contributed by atoms with Crippen LogP contribution in [-0.4, -0.2) is 35.6 Å². The van der Waals surface area contributed by atoms with Crippen molar-refractivity contribution < 1.29 is 22.8 Å². The third-order valence-electron chi connectivity index (χ3n) is 3.35. The van der Waals surface area contributed by atoms with Gasteiger partial charge in [0.15, 0.2) is 0 Å². The molecular weight excluding hydrogens is 367 g/mol. The number of rotatable bonds is 7. The van der Waals surface area contributed by atoms with Crippen molar-refractivity contribution in [1.82, 2.24) is 15.6 Å². The van der Waals surface area contributed by atoms with Crippen LogP contribution in [0.1, 0.15) is 26.3 Å². The summed E-state index contributed by atoms with van der Waals surface area (Å²) in [7, 11) is 0. The fraction of sp³-hybridized carbons (Fsp3) is 0.235. The Morgan fingerprint density at radius 3 is 2.50 bits per heavy atom. The lowest BCUT2D eigenvalue weighted by molar-refractivity contribution is 0.0925. The molecule has 0 spiro atoms. The van der Waals surface area contributed by atoms with Gasteiger partial charge in [-0.15, -0.1) is 0 Å². The third-order valence-corrected chi connectivity index (χ3v) is 4.07. The summed E-state index contributed by atoms with van der Waals surface area (Å²) >= 11 is 0.187. The number of carbonyl (C=O) groups excluding carboxylic acids is 2. The second-order valence-corrected chi connectivity index (χ2v) is 6.19. The molecule has 2 rings (SSSR count). The average Bonchev–Trinajstić information content (AvgIpc) is 2.60. The highest BCUT2D eigenvalue weighted by atomic mass is 32.2. The highest BCUT2D eigenvalue weighted by molar-refractivity contribution is 7.99. The van der Waals surface area contributed by atoms with E-state index in [1.54, 1.807) is 6.92 Å². The van der Waals surface area contributed by atoms with Gasteiger partial charge in [0.1, 0.15) is 10.8 Å². The van der Waals surface area contributed by atoms with E-state index in [9.17, 15) is 22.8 Å². The van der Waals surface area contributed by atoms with Crippen molar-refractivity contribution in [2.45, 2.75) is 17.7 Å². The van der Waals surface area contributed by atoms with E-state index in [1.807, 2.05) is 0 Å². The van der Waals surface area contributed by atoms with Crippen LogP contribution >= 0.6 is 11.8 Å². The highest BCUT2D eigenvalue weighted by Crippen LogP contribution is 2.26. The van der Waals surface area contributed by atoms with Crippen molar-refractivity contribution in [1.29, 1.82) is 0 Å². The molecule has 0 aliphatic rings. The fourth-order valence-electron chi connectivity index (χ4n) is 2.03. The zero-order valence-corrected chi connectivity index (χ0v) is 14.6. The number of carbonyl (C=O) groups is 2. The second-order valence-electron chi connectivity index (χ2n) is 5.21. The molecule has 2 aromatic rings. The molecular formula is C17H16F3N3O2S. The van der Waals surface area contributed by atoms with E-state index in [-0.39, 0.29) is 41.0 Å². The number of alkyl halides is 2. The molecule has 1 heterocycles. The van der Waals surface area contributed by atoms with Crippen LogP contribution in [0.3, 0.4) is 0 Å². The Bertz CT molecular complexity index is 803. The maximum Gasteiger partial charge on any atom is 0.290 e. The van der Waals surface area contributed by atoms with Gasteiger partial charge in [-0.1, -0.05) is 6.07 Å². The summed E-state index contributed by atoms with van der Waals surface area (Å²) in [5.74, 6) is -4.22. The lowest BCUT2D eigenvalue weighted by atomic mass is 10.1. The molecule has 0 fully saturated rings. The summed E-state index contributed by atoms with van der Waals surface area (Å²) in [6.45, 7) is 1.76. The number of aromatic nitrogens is 1. The number of benzene rings is 1. The maximum absolute atomic E-state index is 13.5. The molecule has 0 unspecified atom stereocenters. The Morgan fingerprint density at radius 2 is 1.85 bits per heavy atom. The summed E-state index contributed by atoms with van der Waals surface area (Å²) < 4.78 is 38.4. The summed E-state index contributed by atoms with van der Waals surface area (Å²) in [5.41, 5.74) is 0.634. The zero-order valence-electron chi connectivity index (χ0n) is 13.8. The molecule has 9 heteroatoms. The van der Waals surface area contributed by atoms with Crippen LogP contribution in [0.25, 0.3) is 0 Å².